The number of carbonyl (C=O) groups is 1. The summed E-state index contributed by atoms with van der Waals surface area (Å²) < 4.78 is 39.7. The van der Waals surface area contributed by atoms with Crippen LogP contribution in [0.3, 0.4) is 0 Å². The minimum Gasteiger partial charge on any atom is -0.497 e. The van der Waals surface area contributed by atoms with E-state index in [1.807, 2.05) is 32.0 Å². The van der Waals surface area contributed by atoms with Crippen LogP contribution in [0.25, 0.3) is 0 Å². The highest BCUT2D eigenvalue weighted by Crippen LogP contribution is 2.36. The second-order valence-electron chi connectivity index (χ2n) is 9.16. The van der Waals surface area contributed by atoms with Gasteiger partial charge in [0.15, 0.2) is 0 Å². The third-order valence-electron chi connectivity index (χ3n) is 6.69. The zero-order valence-electron chi connectivity index (χ0n) is 22.0. The van der Waals surface area contributed by atoms with Crippen molar-refractivity contribution in [2.24, 2.45) is 0 Å². The monoisotopic (exact) mass is 557 g/mol. The summed E-state index contributed by atoms with van der Waals surface area (Å²) in [6, 6.07) is 17.2. The Bertz CT molecular complexity index is 1400. The molecule has 10 heteroatoms. The molecule has 4 rings (SSSR count). The molecular weight excluding hydrogens is 526 g/mol. The fraction of sp³-hybridized carbons (Fsp3) is 0.321. The Morgan fingerprint density at radius 3 is 2.24 bits per heavy atom. The third kappa shape index (κ3) is 5.84. The maximum atomic E-state index is 13.9. The molecule has 1 saturated heterocycles. The minimum absolute atomic E-state index is 0.0852. The van der Waals surface area contributed by atoms with E-state index >= 15 is 0 Å². The first kappa shape index (κ1) is 27.6. The lowest BCUT2D eigenvalue weighted by Gasteiger charge is -2.38. The Morgan fingerprint density at radius 2 is 1.61 bits per heavy atom. The quantitative estimate of drug-likeness (QED) is 0.405. The molecule has 0 bridgehead atoms. The molecule has 0 spiro atoms. The Kier molecular flexibility index (Phi) is 8.38. The fourth-order valence-corrected chi connectivity index (χ4v) is 6.05. The number of halogens is 1. The molecule has 0 saturated carbocycles. The van der Waals surface area contributed by atoms with Gasteiger partial charge in [0.2, 0.25) is 5.91 Å². The first-order chi connectivity index (χ1) is 18.1. The largest absolute Gasteiger partial charge is 0.497 e. The van der Waals surface area contributed by atoms with Crippen LogP contribution >= 0.6 is 11.6 Å². The van der Waals surface area contributed by atoms with E-state index in [0.29, 0.717) is 42.7 Å². The van der Waals surface area contributed by atoms with Crippen molar-refractivity contribution in [1.82, 2.24) is 4.90 Å². The van der Waals surface area contributed by atoms with Crippen LogP contribution in [0, 0.1) is 13.8 Å². The zero-order valence-corrected chi connectivity index (χ0v) is 23.6. The SMILES string of the molecule is COc1ccc(OC)c(N(CC(=O)N2CCN(c3cc(Cl)ccc3C)CC2)S(=O)(=O)c2ccc(C)cc2)c1. The van der Waals surface area contributed by atoms with Crippen LogP contribution in [0.2, 0.25) is 5.02 Å². The highest BCUT2D eigenvalue weighted by Gasteiger charge is 2.32. The van der Waals surface area contributed by atoms with Crippen LogP contribution in [-0.2, 0) is 14.8 Å². The molecule has 0 unspecified atom stereocenters. The zero-order chi connectivity index (χ0) is 27.4. The van der Waals surface area contributed by atoms with Crippen molar-refractivity contribution in [3.05, 3.63) is 76.8 Å². The first-order valence-corrected chi connectivity index (χ1v) is 14.1. The Hall–Kier alpha value is -3.43. The number of nitrogens with zero attached hydrogens (tertiary/aromatic N) is 3. The van der Waals surface area contributed by atoms with Crippen molar-refractivity contribution in [3.63, 3.8) is 0 Å². The Morgan fingerprint density at radius 1 is 0.921 bits per heavy atom. The van der Waals surface area contributed by atoms with E-state index in [-0.39, 0.29) is 23.0 Å². The van der Waals surface area contributed by atoms with Gasteiger partial charge in [0.25, 0.3) is 10.0 Å². The number of hydrogen-bond acceptors (Lipinski definition) is 6. The topological polar surface area (TPSA) is 79.4 Å². The summed E-state index contributed by atoms with van der Waals surface area (Å²) in [4.78, 5) is 17.5. The molecule has 0 N–H and O–H groups in total. The number of ether oxygens (including phenoxy) is 2. The molecule has 0 radical (unpaired) electrons. The lowest BCUT2D eigenvalue weighted by molar-refractivity contribution is -0.129. The lowest BCUT2D eigenvalue weighted by atomic mass is 10.1. The van der Waals surface area contributed by atoms with E-state index < -0.39 is 10.0 Å². The molecule has 3 aromatic rings. The molecule has 202 valence electrons. The second-order valence-corrected chi connectivity index (χ2v) is 11.5. The Balaban J connectivity index is 1.62. The summed E-state index contributed by atoms with van der Waals surface area (Å²) in [7, 11) is -1.15. The van der Waals surface area contributed by atoms with Gasteiger partial charge in [-0.2, -0.15) is 0 Å². The van der Waals surface area contributed by atoms with Crippen LogP contribution in [0.5, 0.6) is 11.5 Å². The predicted octanol–water partition coefficient (Wildman–Crippen LogP) is 4.52. The molecular formula is C28H32ClN3O5S. The molecule has 8 nitrogen and oxygen atoms in total. The highest BCUT2D eigenvalue weighted by molar-refractivity contribution is 7.92. The molecule has 0 atom stereocenters. The van der Waals surface area contributed by atoms with Gasteiger partial charge in [-0.15, -0.1) is 0 Å². The summed E-state index contributed by atoms with van der Waals surface area (Å²) in [5.74, 6) is 0.464. The van der Waals surface area contributed by atoms with Gasteiger partial charge < -0.3 is 19.3 Å². The van der Waals surface area contributed by atoms with Crippen molar-refractivity contribution in [1.29, 1.82) is 0 Å². The van der Waals surface area contributed by atoms with Crippen molar-refractivity contribution in [2.75, 3.05) is 56.1 Å². The number of amides is 1. The number of methoxy groups -OCH3 is 2. The van der Waals surface area contributed by atoms with Crippen LogP contribution in [-0.4, -0.2) is 66.2 Å². The van der Waals surface area contributed by atoms with Crippen molar-refractivity contribution in [2.45, 2.75) is 18.7 Å². The van der Waals surface area contributed by atoms with Crippen molar-refractivity contribution < 1.29 is 22.7 Å². The molecule has 3 aromatic carbocycles. The van der Waals surface area contributed by atoms with Gasteiger partial charge in [0.05, 0.1) is 24.8 Å². The highest BCUT2D eigenvalue weighted by atomic mass is 35.5. The van der Waals surface area contributed by atoms with Crippen molar-refractivity contribution in [3.8, 4) is 11.5 Å². The number of carbonyl (C=O) groups excluding carboxylic acids is 1. The number of aryl methyl sites for hydroxylation is 2. The molecule has 38 heavy (non-hydrogen) atoms. The van der Waals surface area contributed by atoms with Gasteiger partial charge in [-0.05, 0) is 55.8 Å². The molecule has 1 heterocycles. The predicted molar refractivity (Wildman–Crippen MR) is 150 cm³/mol. The smallest absolute Gasteiger partial charge is 0.264 e. The summed E-state index contributed by atoms with van der Waals surface area (Å²) in [6.45, 7) is 5.67. The molecule has 1 fully saturated rings. The van der Waals surface area contributed by atoms with Crippen LogP contribution in [0.4, 0.5) is 11.4 Å². The van der Waals surface area contributed by atoms with E-state index in [2.05, 4.69) is 4.90 Å². The summed E-state index contributed by atoms with van der Waals surface area (Å²) in [5, 5.41) is 0.660. The summed E-state index contributed by atoms with van der Waals surface area (Å²) in [5.41, 5.74) is 3.30. The van der Waals surface area contributed by atoms with Gasteiger partial charge in [-0.3, -0.25) is 9.10 Å². The normalized spacial score (nSPS) is 13.8. The fourth-order valence-electron chi connectivity index (χ4n) is 4.47. The lowest BCUT2D eigenvalue weighted by Crippen LogP contribution is -2.52. The number of sulfonamides is 1. The van der Waals surface area contributed by atoms with E-state index in [1.54, 1.807) is 47.4 Å². The maximum Gasteiger partial charge on any atom is 0.264 e. The first-order valence-electron chi connectivity index (χ1n) is 12.2. The minimum atomic E-state index is -4.10. The van der Waals surface area contributed by atoms with Crippen LogP contribution < -0.4 is 18.7 Å². The molecule has 0 aromatic heterocycles. The number of benzene rings is 3. The molecule has 1 aliphatic heterocycles. The van der Waals surface area contributed by atoms with Gasteiger partial charge in [-0.25, -0.2) is 8.42 Å². The number of rotatable bonds is 8. The standard InChI is InChI=1S/C28H32ClN3O5S/c1-20-5-10-24(11-6-20)38(34,35)32(26-18-23(36-3)9-12-27(26)37-4)19-28(33)31-15-13-30(14-16-31)25-17-22(29)8-7-21(25)2/h5-12,17-18H,13-16,19H2,1-4H3. The summed E-state index contributed by atoms with van der Waals surface area (Å²) >= 11 is 6.21. The van der Waals surface area contributed by atoms with E-state index in [4.69, 9.17) is 21.1 Å². The Labute approximate surface area is 229 Å². The van der Waals surface area contributed by atoms with Gasteiger partial charge >= 0.3 is 0 Å². The maximum absolute atomic E-state index is 13.9. The van der Waals surface area contributed by atoms with Gasteiger partial charge in [0.1, 0.15) is 18.0 Å². The van der Waals surface area contributed by atoms with Gasteiger partial charge in [-0.1, -0.05) is 35.4 Å². The average molecular weight is 558 g/mol. The van der Waals surface area contributed by atoms with E-state index in [9.17, 15) is 13.2 Å². The van der Waals surface area contributed by atoms with E-state index in [0.717, 1.165) is 21.1 Å². The molecule has 0 aliphatic carbocycles. The molecule has 1 aliphatic rings. The third-order valence-corrected chi connectivity index (χ3v) is 8.70. The average Bonchev–Trinajstić information content (AvgIpc) is 2.92. The van der Waals surface area contributed by atoms with Crippen LogP contribution in [0.15, 0.2) is 65.6 Å². The number of anilines is 2. The van der Waals surface area contributed by atoms with Gasteiger partial charge in [0, 0.05) is 43.0 Å². The number of hydrogen-bond donors (Lipinski definition) is 0. The van der Waals surface area contributed by atoms with Crippen LogP contribution in [0.1, 0.15) is 11.1 Å². The number of piperazine rings is 1. The van der Waals surface area contributed by atoms with E-state index in [1.165, 1.54) is 14.2 Å². The van der Waals surface area contributed by atoms with Crippen molar-refractivity contribution >= 4 is 38.9 Å². The molecule has 1 amide bonds. The summed E-state index contributed by atoms with van der Waals surface area (Å²) in [6.07, 6.45) is 0. The second kappa shape index (κ2) is 11.5.